The minimum Gasteiger partial charge on any atom is -0.460 e. The van der Waals surface area contributed by atoms with Crippen molar-refractivity contribution >= 4 is 12.6 Å². The Morgan fingerprint density at radius 3 is 2.27 bits per heavy atom. The molecule has 2 heterocycles. The van der Waals surface area contributed by atoms with Gasteiger partial charge in [-0.25, -0.2) is 4.79 Å². The Morgan fingerprint density at radius 1 is 1.09 bits per heavy atom. The van der Waals surface area contributed by atoms with Crippen LogP contribution in [-0.4, -0.2) is 57.4 Å². The predicted octanol–water partition coefficient (Wildman–Crippen LogP) is 1.68. The summed E-state index contributed by atoms with van der Waals surface area (Å²) >= 11 is 0. The molecule has 2 saturated heterocycles. The summed E-state index contributed by atoms with van der Waals surface area (Å²) in [6.07, 6.45) is 1.01. The molecule has 0 radical (unpaired) electrons. The number of hydrogen-bond acceptors (Lipinski definition) is 7. The van der Waals surface area contributed by atoms with Crippen LogP contribution in [0.4, 0.5) is 4.79 Å². The monoisotopic (exact) mass is 316 g/mol. The van der Waals surface area contributed by atoms with Gasteiger partial charge in [-0.2, -0.15) is 0 Å². The van der Waals surface area contributed by atoms with E-state index in [1.165, 1.54) is 0 Å². The summed E-state index contributed by atoms with van der Waals surface area (Å²) in [6.45, 7) is 4.56. The van der Waals surface area contributed by atoms with Crippen LogP contribution in [0.5, 0.6) is 0 Å². The van der Waals surface area contributed by atoms with E-state index in [1.54, 1.807) is 6.92 Å². The summed E-state index contributed by atoms with van der Waals surface area (Å²) in [5.74, 6) is 0.129. The van der Waals surface area contributed by atoms with Crippen LogP contribution in [0.15, 0.2) is 0 Å². The van der Waals surface area contributed by atoms with Gasteiger partial charge >= 0.3 is 6.16 Å². The van der Waals surface area contributed by atoms with E-state index >= 15 is 0 Å². The second-order valence-electron chi connectivity index (χ2n) is 5.65. The standard InChI is InChI=1S/C15H24O7/c1-11(14(20-10-16)12-2-6-18-7-3-12)21-15(17)22-13-4-8-19-9-5-13/h10-14H,2-9H2,1H3. The zero-order valence-corrected chi connectivity index (χ0v) is 12.9. The van der Waals surface area contributed by atoms with Gasteiger partial charge in [-0.15, -0.1) is 0 Å². The molecule has 0 aromatic heterocycles. The quantitative estimate of drug-likeness (QED) is 0.544. The topological polar surface area (TPSA) is 80.3 Å². The average Bonchev–Trinajstić information content (AvgIpc) is 2.54. The molecule has 0 aliphatic carbocycles. The SMILES string of the molecule is CC(OC(=O)OC1CCOCC1)C(OC=O)C1CCOCC1. The van der Waals surface area contributed by atoms with Gasteiger partial charge in [0.25, 0.3) is 6.47 Å². The first-order chi connectivity index (χ1) is 10.7. The Bertz CT molecular complexity index is 348. The van der Waals surface area contributed by atoms with Gasteiger partial charge in [0.15, 0.2) is 0 Å². The largest absolute Gasteiger partial charge is 0.508 e. The summed E-state index contributed by atoms with van der Waals surface area (Å²) in [6, 6.07) is 0. The van der Waals surface area contributed by atoms with E-state index in [4.69, 9.17) is 23.7 Å². The normalized spacial score (nSPS) is 23.3. The molecule has 2 aliphatic rings. The van der Waals surface area contributed by atoms with E-state index in [2.05, 4.69) is 0 Å². The molecule has 0 aromatic carbocycles. The molecule has 22 heavy (non-hydrogen) atoms. The molecule has 7 nitrogen and oxygen atoms in total. The van der Waals surface area contributed by atoms with Gasteiger partial charge in [0.1, 0.15) is 18.3 Å². The number of hydrogen-bond donors (Lipinski definition) is 0. The number of carbonyl (C=O) groups excluding carboxylic acids is 2. The van der Waals surface area contributed by atoms with Crippen molar-refractivity contribution in [3.63, 3.8) is 0 Å². The zero-order valence-electron chi connectivity index (χ0n) is 12.9. The number of carbonyl (C=O) groups is 2. The van der Waals surface area contributed by atoms with Gasteiger partial charge < -0.3 is 23.7 Å². The highest BCUT2D eigenvalue weighted by atomic mass is 16.7. The minimum atomic E-state index is -0.717. The molecular formula is C15H24O7. The Kier molecular flexibility index (Phi) is 6.92. The van der Waals surface area contributed by atoms with Crippen molar-refractivity contribution in [1.29, 1.82) is 0 Å². The fraction of sp³-hybridized carbons (Fsp3) is 0.867. The molecular weight excluding hydrogens is 292 g/mol. The third kappa shape index (κ3) is 5.14. The molecule has 2 unspecified atom stereocenters. The van der Waals surface area contributed by atoms with Crippen molar-refractivity contribution in [3.05, 3.63) is 0 Å². The van der Waals surface area contributed by atoms with Crippen LogP contribution in [0.2, 0.25) is 0 Å². The molecule has 0 spiro atoms. The maximum absolute atomic E-state index is 11.9. The van der Waals surface area contributed by atoms with Crippen LogP contribution >= 0.6 is 0 Å². The maximum Gasteiger partial charge on any atom is 0.508 e. The second-order valence-corrected chi connectivity index (χ2v) is 5.65. The smallest absolute Gasteiger partial charge is 0.460 e. The lowest BCUT2D eigenvalue weighted by Gasteiger charge is -2.32. The van der Waals surface area contributed by atoms with E-state index in [0.29, 0.717) is 45.7 Å². The Balaban J connectivity index is 1.82. The number of rotatable bonds is 6. The molecule has 0 aromatic rings. The van der Waals surface area contributed by atoms with Crippen LogP contribution in [-0.2, 0) is 28.5 Å². The Hall–Kier alpha value is -1.34. The molecule has 2 fully saturated rings. The fourth-order valence-electron chi connectivity index (χ4n) is 2.89. The molecule has 0 amide bonds. The zero-order chi connectivity index (χ0) is 15.8. The molecule has 126 valence electrons. The van der Waals surface area contributed by atoms with E-state index in [1.807, 2.05) is 0 Å². The van der Waals surface area contributed by atoms with E-state index in [0.717, 1.165) is 12.8 Å². The highest BCUT2D eigenvalue weighted by molar-refractivity contribution is 5.60. The van der Waals surface area contributed by atoms with Crippen molar-refractivity contribution in [2.75, 3.05) is 26.4 Å². The predicted molar refractivity (Wildman–Crippen MR) is 75.3 cm³/mol. The molecule has 0 saturated carbocycles. The summed E-state index contributed by atoms with van der Waals surface area (Å²) in [5, 5.41) is 0. The minimum absolute atomic E-state index is 0.129. The van der Waals surface area contributed by atoms with E-state index in [-0.39, 0.29) is 12.0 Å². The average molecular weight is 316 g/mol. The molecule has 0 N–H and O–H groups in total. The lowest BCUT2D eigenvalue weighted by Crippen LogP contribution is -2.40. The summed E-state index contributed by atoms with van der Waals surface area (Å²) in [4.78, 5) is 22.6. The first kappa shape index (κ1) is 17.0. The van der Waals surface area contributed by atoms with Gasteiger partial charge in [-0.05, 0) is 19.8 Å². The third-order valence-electron chi connectivity index (χ3n) is 4.12. The molecule has 7 heteroatoms. The van der Waals surface area contributed by atoms with Crippen LogP contribution in [0.3, 0.4) is 0 Å². The third-order valence-corrected chi connectivity index (χ3v) is 4.12. The highest BCUT2D eigenvalue weighted by Crippen LogP contribution is 2.25. The van der Waals surface area contributed by atoms with Crippen LogP contribution < -0.4 is 0 Å². The first-order valence-electron chi connectivity index (χ1n) is 7.82. The van der Waals surface area contributed by atoms with E-state index in [9.17, 15) is 9.59 Å². The molecule has 2 aliphatic heterocycles. The second kappa shape index (κ2) is 8.95. The van der Waals surface area contributed by atoms with Crippen LogP contribution in [0.1, 0.15) is 32.6 Å². The van der Waals surface area contributed by atoms with Gasteiger partial charge in [0.05, 0.1) is 13.2 Å². The number of ether oxygens (including phenoxy) is 5. The molecule has 0 bridgehead atoms. The van der Waals surface area contributed by atoms with Crippen LogP contribution in [0, 0.1) is 5.92 Å². The molecule has 2 atom stereocenters. The van der Waals surface area contributed by atoms with Gasteiger partial charge in [0.2, 0.25) is 0 Å². The summed E-state index contributed by atoms with van der Waals surface area (Å²) < 4.78 is 26.2. The molecule has 2 rings (SSSR count). The highest BCUT2D eigenvalue weighted by Gasteiger charge is 2.33. The lowest BCUT2D eigenvalue weighted by atomic mass is 9.91. The first-order valence-corrected chi connectivity index (χ1v) is 7.82. The summed E-state index contributed by atoms with van der Waals surface area (Å²) in [7, 11) is 0. The summed E-state index contributed by atoms with van der Waals surface area (Å²) in [5.41, 5.74) is 0. The fourth-order valence-corrected chi connectivity index (χ4v) is 2.89. The van der Waals surface area contributed by atoms with Crippen molar-refractivity contribution < 1.29 is 33.3 Å². The van der Waals surface area contributed by atoms with Gasteiger partial charge in [0, 0.05) is 32.0 Å². The van der Waals surface area contributed by atoms with Crippen molar-refractivity contribution in [2.24, 2.45) is 5.92 Å². The van der Waals surface area contributed by atoms with Crippen molar-refractivity contribution in [2.45, 2.75) is 50.9 Å². The van der Waals surface area contributed by atoms with Gasteiger partial charge in [-0.1, -0.05) is 0 Å². The Labute approximate surface area is 130 Å². The maximum atomic E-state index is 11.9. The van der Waals surface area contributed by atoms with Crippen molar-refractivity contribution in [3.8, 4) is 0 Å². The van der Waals surface area contributed by atoms with Crippen molar-refractivity contribution in [1.82, 2.24) is 0 Å². The van der Waals surface area contributed by atoms with Crippen LogP contribution in [0.25, 0.3) is 0 Å². The lowest BCUT2D eigenvalue weighted by molar-refractivity contribution is -0.148. The van der Waals surface area contributed by atoms with Gasteiger partial charge in [-0.3, -0.25) is 4.79 Å². The van der Waals surface area contributed by atoms with E-state index < -0.39 is 18.4 Å². The Morgan fingerprint density at radius 2 is 1.68 bits per heavy atom.